The number of amides is 1. The van der Waals surface area contributed by atoms with Gasteiger partial charge in [0.05, 0.1) is 13.2 Å². The van der Waals surface area contributed by atoms with Gasteiger partial charge >= 0.3 is 6.09 Å². The Morgan fingerprint density at radius 2 is 2.28 bits per heavy atom. The van der Waals surface area contributed by atoms with Crippen molar-refractivity contribution in [1.82, 2.24) is 4.90 Å². The molecule has 1 amide bonds. The van der Waals surface area contributed by atoms with E-state index in [0.717, 1.165) is 16.2 Å². The van der Waals surface area contributed by atoms with E-state index in [1.165, 1.54) is 5.56 Å². The second-order valence-electron chi connectivity index (χ2n) is 5.47. The molecule has 0 saturated carbocycles. The van der Waals surface area contributed by atoms with Gasteiger partial charge in [0.15, 0.2) is 0 Å². The van der Waals surface area contributed by atoms with Crippen LogP contribution in [-0.4, -0.2) is 28.2 Å². The zero-order valence-corrected chi connectivity index (χ0v) is 11.8. The lowest BCUT2D eigenvalue weighted by atomic mass is 10.1. The van der Waals surface area contributed by atoms with E-state index in [-0.39, 0.29) is 12.7 Å². The van der Waals surface area contributed by atoms with E-state index in [4.69, 9.17) is 9.84 Å². The molecule has 0 spiro atoms. The molecule has 0 fully saturated rings. The summed E-state index contributed by atoms with van der Waals surface area (Å²) in [6, 6.07) is 2.03. The van der Waals surface area contributed by atoms with Crippen molar-refractivity contribution in [3.8, 4) is 0 Å². The largest absolute Gasteiger partial charge is 0.444 e. The van der Waals surface area contributed by atoms with E-state index in [0.29, 0.717) is 13.1 Å². The molecular formula is C13H19NO3S. The summed E-state index contributed by atoms with van der Waals surface area (Å²) in [5.74, 6) is 0. The van der Waals surface area contributed by atoms with Crippen LogP contribution in [0.4, 0.5) is 4.79 Å². The fourth-order valence-electron chi connectivity index (χ4n) is 1.94. The van der Waals surface area contributed by atoms with Gasteiger partial charge in [-0.15, -0.1) is 11.3 Å². The molecule has 1 aromatic heterocycles. The molecule has 5 heteroatoms. The highest BCUT2D eigenvalue weighted by Crippen LogP contribution is 2.28. The average Bonchev–Trinajstić information content (AvgIpc) is 2.68. The maximum Gasteiger partial charge on any atom is 0.410 e. The summed E-state index contributed by atoms with van der Waals surface area (Å²) >= 11 is 1.58. The number of aliphatic hydroxyl groups is 1. The average molecular weight is 269 g/mol. The van der Waals surface area contributed by atoms with Crippen LogP contribution >= 0.6 is 11.3 Å². The third kappa shape index (κ3) is 3.03. The number of carbonyl (C=O) groups excluding carboxylic acids is 1. The third-order valence-corrected chi connectivity index (χ3v) is 3.89. The second-order valence-corrected chi connectivity index (χ2v) is 6.69. The Balaban J connectivity index is 2.05. The summed E-state index contributed by atoms with van der Waals surface area (Å²) in [4.78, 5) is 15.8. The van der Waals surface area contributed by atoms with E-state index in [2.05, 4.69) is 0 Å². The highest BCUT2D eigenvalue weighted by Gasteiger charge is 2.26. The van der Waals surface area contributed by atoms with Crippen molar-refractivity contribution in [3.63, 3.8) is 0 Å². The Morgan fingerprint density at radius 3 is 2.89 bits per heavy atom. The molecule has 0 unspecified atom stereocenters. The Labute approximate surface area is 111 Å². The smallest absolute Gasteiger partial charge is 0.410 e. The number of ether oxygens (including phenoxy) is 1. The number of thiophene rings is 1. The van der Waals surface area contributed by atoms with Crippen LogP contribution in [-0.2, 0) is 24.3 Å². The molecular weight excluding hydrogens is 250 g/mol. The summed E-state index contributed by atoms with van der Waals surface area (Å²) < 4.78 is 5.37. The molecule has 1 aromatic rings. The molecule has 0 bridgehead atoms. The van der Waals surface area contributed by atoms with Gasteiger partial charge in [0.25, 0.3) is 0 Å². The van der Waals surface area contributed by atoms with Crippen molar-refractivity contribution in [1.29, 1.82) is 0 Å². The van der Waals surface area contributed by atoms with Crippen LogP contribution in [0.2, 0.25) is 0 Å². The highest BCUT2D eigenvalue weighted by atomic mass is 32.1. The minimum Gasteiger partial charge on any atom is -0.444 e. The van der Waals surface area contributed by atoms with E-state index < -0.39 is 5.60 Å². The van der Waals surface area contributed by atoms with Gasteiger partial charge in [0, 0.05) is 16.3 Å². The van der Waals surface area contributed by atoms with Crippen molar-refractivity contribution >= 4 is 17.4 Å². The Morgan fingerprint density at radius 1 is 1.56 bits per heavy atom. The molecule has 0 radical (unpaired) electrons. The third-order valence-electron chi connectivity index (χ3n) is 2.74. The van der Waals surface area contributed by atoms with E-state index >= 15 is 0 Å². The number of hydrogen-bond donors (Lipinski definition) is 1. The van der Waals surface area contributed by atoms with Crippen molar-refractivity contribution in [2.75, 3.05) is 6.54 Å². The lowest BCUT2D eigenvalue weighted by molar-refractivity contribution is 0.0226. The predicted octanol–water partition coefficient (Wildman–Crippen LogP) is 2.53. The summed E-state index contributed by atoms with van der Waals surface area (Å²) in [5, 5.41) is 9.12. The number of fused-ring (bicyclic) bond motifs is 1. The summed E-state index contributed by atoms with van der Waals surface area (Å²) in [5.41, 5.74) is 0.798. The Hall–Kier alpha value is -1.07. The highest BCUT2D eigenvalue weighted by molar-refractivity contribution is 7.12. The van der Waals surface area contributed by atoms with Gasteiger partial charge < -0.3 is 14.7 Å². The van der Waals surface area contributed by atoms with Crippen LogP contribution in [0.5, 0.6) is 0 Å². The molecule has 1 aliphatic heterocycles. The fraction of sp³-hybridized carbons (Fsp3) is 0.615. The normalized spacial score (nSPS) is 15.4. The number of nitrogens with zero attached hydrogens (tertiary/aromatic N) is 1. The molecule has 0 saturated heterocycles. The molecule has 4 nitrogen and oxygen atoms in total. The van der Waals surface area contributed by atoms with Crippen molar-refractivity contribution in [2.24, 2.45) is 0 Å². The lowest BCUT2D eigenvalue weighted by Crippen LogP contribution is -2.39. The van der Waals surface area contributed by atoms with Gasteiger partial charge in [-0.1, -0.05) is 0 Å². The summed E-state index contributed by atoms with van der Waals surface area (Å²) in [6.07, 6.45) is 0.581. The zero-order chi connectivity index (χ0) is 13.3. The second kappa shape index (κ2) is 4.90. The van der Waals surface area contributed by atoms with E-state index in [1.54, 1.807) is 16.2 Å². The number of rotatable bonds is 1. The van der Waals surface area contributed by atoms with Crippen molar-refractivity contribution < 1.29 is 14.6 Å². The number of aliphatic hydroxyl groups excluding tert-OH is 1. The zero-order valence-electron chi connectivity index (χ0n) is 11.0. The van der Waals surface area contributed by atoms with Crippen LogP contribution in [0.3, 0.4) is 0 Å². The summed E-state index contributed by atoms with van der Waals surface area (Å²) in [7, 11) is 0. The molecule has 0 aliphatic carbocycles. The molecule has 2 rings (SSSR count). The van der Waals surface area contributed by atoms with Gasteiger partial charge in [-0.3, -0.25) is 0 Å². The lowest BCUT2D eigenvalue weighted by Gasteiger charge is -2.29. The van der Waals surface area contributed by atoms with Gasteiger partial charge in [0.2, 0.25) is 0 Å². The topological polar surface area (TPSA) is 49.8 Å². The first-order valence-electron chi connectivity index (χ1n) is 6.08. The van der Waals surface area contributed by atoms with Crippen LogP contribution < -0.4 is 0 Å². The minimum absolute atomic E-state index is 0.0735. The van der Waals surface area contributed by atoms with Crippen molar-refractivity contribution in [3.05, 3.63) is 21.4 Å². The predicted molar refractivity (Wildman–Crippen MR) is 70.6 cm³/mol. The fourth-order valence-corrected chi connectivity index (χ4v) is 3.04. The van der Waals surface area contributed by atoms with Crippen LogP contribution in [0, 0.1) is 0 Å². The van der Waals surface area contributed by atoms with Gasteiger partial charge in [-0.2, -0.15) is 0 Å². The Bertz CT molecular complexity index is 448. The number of carbonyl (C=O) groups is 1. The van der Waals surface area contributed by atoms with Gasteiger partial charge in [-0.05, 0) is 38.8 Å². The molecule has 2 heterocycles. The van der Waals surface area contributed by atoms with Crippen LogP contribution in [0.25, 0.3) is 0 Å². The molecule has 100 valence electrons. The monoisotopic (exact) mass is 269 g/mol. The quantitative estimate of drug-likeness (QED) is 0.852. The standard InChI is InChI=1S/C13H19NO3S/c1-13(2,3)17-12(16)14-5-4-9-6-10(8-15)18-11(9)7-14/h6,15H,4-5,7-8H2,1-3H3. The van der Waals surface area contributed by atoms with E-state index in [9.17, 15) is 4.79 Å². The SMILES string of the molecule is CC(C)(C)OC(=O)N1CCc2cc(CO)sc2C1. The van der Waals surface area contributed by atoms with Gasteiger partial charge in [0.1, 0.15) is 5.60 Å². The van der Waals surface area contributed by atoms with Crippen molar-refractivity contribution in [2.45, 2.75) is 45.9 Å². The van der Waals surface area contributed by atoms with Gasteiger partial charge in [-0.25, -0.2) is 4.79 Å². The molecule has 0 atom stereocenters. The number of hydrogen-bond acceptors (Lipinski definition) is 4. The van der Waals surface area contributed by atoms with Crippen LogP contribution in [0.15, 0.2) is 6.07 Å². The van der Waals surface area contributed by atoms with Crippen LogP contribution in [0.1, 0.15) is 36.1 Å². The first-order valence-corrected chi connectivity index (χ1v) is 6.90. The maximum atomic E-state index is 12.0. The first-order chi connectivity index (χ1) is 8.39. The molecule has 0 aromatic carbocycles. The van der Waals surface area contributed by atoms with E-state index in [1.807, 2.05) is 26.8 Å². The molecule has 1 aliphatic rings. The summed E-state index contributed by atoms with van der Waals surface area (Å²) in [6.45, 7) is 6.96. The minimum atomic E-state index is -0.455. The Kier molecular flexibility index (Phi) is 3.64. The maximum absolute atomic E-state index is 12.0. The molecule has 18 heavy (non-hydrogen) atoms. The molecule has 1 N–H and O–H groups in total. The first kappa shape index (κ1) is 13.4.